The van der Waals surface area contributed by atoms with Crippen LogP contribution in [0, 0.1) is 17.3 Å². The van der Waals surface area contributed by atoms with E-state index < -0.39 is 5.41 Å². The molecule has 6 atom stereocenters. The van der Waals surface area contributed by atoms with Gasteiger partial charge in [0.2, 0.25) is 0 Å². The number of ketones is 2. The van der Waals surface area contributed by atoms with E-state index in [9.17, 15) is 9.59 Å². The van der Waals surface area contributed by atoms with Crippen molar-refractivity contribution in [2.45, 2.75) is 122 Å². The summed E-state index contributed by atoms with van der Waals surface area (Å²) in [5.41, 5.74) is 2.84. The molecule has 176 valence electrons. The fraction of sp³-hybridized carbons (Fsp3) is 0.786. The molecule has 0 amide bonds. The fourth-order valence-electron chi connectivity index (χ4n) is 7.71. The molecule has 0 unspecified atom stereocenters. The van der Waals surface area contributed by atoms with Crippen LogP contribution in [-0.4, -0.2) is 29.9 Å². The lowest BCUT2D eigenvalue weighted by atomic mass is 9.45. The van der Waals surface area contributed by atoms with Crippen molar-refractivity contribution in [3.63, 3.8) is 0 Å². The average molecular weight is 441 g/mol. The van der Waals surface area contributed by atoms with E-state index in [1.807, 2.05) is 6.26 Å². The minimum absolute atomic E-state index is 0.0150. The highest BCUT2D eigenvalue weighted by Gasteiger charge is 2.70. The van der Waals surface area contributed by atoms with Gasteiger partial charge in [-0.3, -0.25) is 9.59 Å². The third kappa shape index (κ3) is 3.27. The predicted octanol–water partition coefficient (Wildman–Crippen LogP) is 6.23. The number of rotatable bonds is 8. The summed E-state index contributed by atoms with van der Waals surface area (Å²) in [7, 11) is 0. The standard InChI is InChI=1S/C28H40O4/c1-3-5-7-14-21-25-24-19(12-10-13-20(24)29)27(32-21)28-18(11-9-16-23(28)30)17-31-22(26(25)28)15-8-6-4-2/h17,21-22,25-27H,3-16H2,1-2H3/t21-,22+,25-,26-,27+,28+/m1/s1. The van der Waals surface area contributed by atoms with Crippen LogP contribution < -0.4 is 0 Å². The first-order valence-electron chi connectivity index (χ1n) is 13.4. The van der Waals surface area contributed by atoms with Crippen LogP contribution in [0.5, 0.6) is 0 Å². The molecule has 2 fully saturated rings. The van der Waals surface area contributed by atoms with Crippen LogP contribution in [0.3, 0.4) is 0 Å². The Hall–Kier alpha value is -1.42. The van der Waals surface area contributed by atoms with Crippen molar-refractivity contribution >= 4 is 11.6 Å². The van der Waals surface area contributed by atoms with E-state index in [1.54, 1.807) is 0 Å². The number of ether oxygens (including phenoxy) is 2. The van der Waals surface area contributed by atoms with Gasteiger partial charge in [0.1, 0.15) is 11.9 Å². The number of fused-ring (bicyclic) bond motifs is 1. The lowest BCUT2D eigenvalue weighted by Gasteiger charge is -2.64. The van der Waals surface area contributed by atoms with Gasteiger partial charge < -0.3 is 9.47 Å². The van der Waals surface area contributed by atoms with Gasteiger partial charge in [0.15, 0.2) is 5.78 Å². The predicted molar refractivity (Wildman–Crippen MR) is 124 cm³/mol. The second kappa shape index (κ2) is 9.08. The van der Waals surface area contributed by atoms with E-state index in [2.05, 4.69) is 13.8 Å². The van der Waals surface area contributed by atoms with Crippen LogP contribution in [-0.2, 0) is 19.1 Å². The van der Waals surface area contributed by atoms with Crippen molar-refractivity contribution in [2.24, 2.45) is 17.3 Å². The van der Waals surface area contributed by atoms with Gasteiger partial charge in [0, 0.05) is 30.3 Å². The first kappa shape index (κ1) is 22.4. The summed E-state index contributed by atoms with van der Waals surface area (Å²) in [6, 6.07) is 0. The number of Topliss-reactive ketones (excluding diaryl/α,β-unsaturated/α-hetero) is 2. The van der Waals surface area contributed by atoms with E-state index in [0.29, 0.717) is 24.4 Å². The summed E-state index contributed by atoms with van der Waals surface area (Å²) in [4.78, 5) is 27.2. The molecule has 0 N–H and O–H groups in total. The maximum absolute atomic E-state index is 13.9. The van der Waals surface area contributed by atoms with Crippen molar-refractivity contribution in [1.82, 2.24) is 0 Å². The summed E-state index contributed by atoms with van der Waals surface area (Å²) >= 11 is 0. The van der Waals surface area contributed by atoms with Crippen LogP contribution in [0.4, 0.5) is 0 Å². The average Bonchev–Trinajstić information content (AvgIpc) is 2.80. The molecule has 3 heterocycles. The van der Waals surface area contributed by atoms with Gasteiger partial charge in [-0.2, -0.15) is 0 Å². The summed E-state index contributed by atoms with van der Waals surface area (Å²) in [6.07, 6.45) is 15.6. The van der Waals surface area contributed by atoms with Crippen LogP contribution >= 0.6 is 0 Å². The topological polar surface area (TPSA) is 52.6 Å². The Morgan fingerprint density at radius 2 is 1.62 bits per heavy atom. The lowest BCUT2D eigenvalue weighted by molar-refractivity contribution is -0.212. The van der Waals surface area contributed by atoms with Gasteiger partial charge in [0.05, 0.1) is 23.9 Å². The van der Waals surface area contributed by atoms with Gasteiger partial charge in [-0.05, 0) is 56.1 Å². The molecule has 0 aromatic rings. The number of carbonyl (C=O) groups is 2. The second-order valence-electron chi connectivity index (χ2n) is 10.8. The molecule has 4 heteroatoms. The largest absolute Gasteiger partial charge is 0.498 e. The smallest absolute Gasteiger partial charge is 0.159 e. The summed E-state index contributed by atoms with van der Waals surface area (Å²) < 4.78 is 13.3. The van der Waals surface area contributed by atoms with E-state index in [4.69, 9.17) is 9.47 Å². The SMILES string of the molecule is CCCCC[C@@H]1OC=C2CCCC(=O)[C@]23[C@H]1[C@H]1C2=C(CCCC2=O)[C@@H]3O[C@@H]1CCCCC. The highest BCUT2D eigenvalue weighted by molar-refractivity contribution is 6.00. The Morgan fingerprint density at radius 1 is 0.906 bits per heavy atom. The quantitative estimate of drug-likeness (QED) is 0.420. The van der Waals surface area contributed by atoms with E-state index >= 15 is 0 Å². The molecular weight excluding hydrogens is 400 g/mol. The molecule has 1 saturated carbocycles. The fourth-order valence-corrected chi connectivity index (χ4v) is 7.71. The zero-order valence-corrected chi connectivity index (χ0v) is 20.0. The van der Waals surface area contributed by atoms with E-state index in [1.165, 1.54) is 31.3 Å². The number of carbonyl (C=O) groups excluding carboxylic acids is 2. The van der Waals surface area contributed by atoms with Gasteiger partial charge >= 0.3 is 0 Å². The molecule has 3 aliphatic heterocycles. The third-order valence-corrected chi connectivity index (χ3v) is 9.00. The lowest BCUT2D eigenvalue weighted by Crippen LogP contribution is -2.69. The van der Waals surface area contributed by atoms with E-state index in [-0.39, 0.29) is 30.1 Å². The minimum Gasteiger partial charge on any atom is -0.498 e. The summed E-state index contributed by atoms with van der Waals surface area (Å²) in [6.45, 7) is 4.45. The Kier molecular flexibility index (Phi) is 6.35. The normalized spacial score (nSPS) is 38.1. The molecule has 3 aliphatic carbocycles. The monoisotopic (exact) mass is 440 g/mol. The molecular formula is C28H40O4. The van der Waals surface area contributed by atoms with Crippen molar-refractivity contribution in [1.29, 1.82) is 0 Å². The Bertz CT molecular complexity index is 823. The maximum Gasteiger partial charge on any atom is 0.159 e. The molecule has 32 heavy (non-hydrogen) atoms. The first-order valence-corrected chi connectivity index (χ1v) is 13.4. The van der Waals surface area contributed by atoms with Gasteiger partial charge in [-0.25, -0.2) is 0 Å². The van der Waals surface area contributed by atoms with Crippen LogP contribution in [0.1, 0.15) is 104 Å². The number of hydrogen-bond acceptors (Lipinski definition) is 4. The Morgan fingerprint density at radius 3 is 2.38 bits per heavy atom. The zero-order chi connectivity index (χ0) is 22.3. The molecule has 0 aromatic carbocycles. The number of unbranched alkanes of at least 4 members (excludes halogenated alkanes) is 4. The molecule has 2 bridgehead atoms. The Balaban J connectivity index is 1.62. The zero-order valence-electron chi connectivity index (χ0n) is 20.0. The molecule has 6 rings (SSSR count). The van der Waals surface area contributed by atoms with Crippen LogP contribution in [0.2, 0.25) is 0 Å². The number of hydrogen-bond donors (Lipinski definition) is 0. The molecule has 0 aromatic heterocycles. The molecule has 4 nitrogen and oxygen atoms in total. The molecule has 1 spiro atoms. The van der Waals surface area contributed by atoms with Crippen LogP contribution in [0.15, 0.2) is 23.0 Å². The minimum atomic E-state index is -0.574. The molecule has 1 saturated heterocycles. The van der Waals surface area contributed by atoms with Crippen molar-refractivity contribution in [3.05, 3.63) is 23.0 Å². The summed E-state index contributed by atoms with van der Waals surface area (Å²) in [5.74, 6) is 0.775. The van der Waals surface area contributed by atoms with Gasteiger partial charge in [0.25, 0.3) is 0 Å². The molecule has 6 aliphatic rings. The van der Waals surface area contributed by atoms with Gasteiger partial charge in [-0.1, -0.05) is 46.0 Å². The Labute approximate surface area is 193 Å². The second-order valence-corrected chi connectivity index (χ2v) is 10.8. The summed E-state index contributed by atoms with van der Waals surface area (Å²) in [5, 5.41) is 0. The maximum atomic E-state index is 13.9. The van der Waals surface area contributed by atoms with Crippen molar-refractivity contribution in [3.8, 4) is 0 Å². The van der Waals surface area contributed by atoms with Crippen molar-refractivity contribution < 1.29 is 19.1 Å². The highest BCUT2D eigenvalue weighted by Crippen LogP contribution is 2.66. The van der Waals surface area contributed by atoms with Crippen molar-refractivity contribution in [2.75, 3.05) is 0 Å². The highest BCUT2D eigenvalue weighted by atomic mass is 16.5. The van der Waals surface area contributed by atoms with Crippen LogP contribution in [0.25, 0.3) is 0 Å². The van der Waals surface area contributed by atoms with Gasteiger partial charge in [-0.15, -0.1) is 0 Å². The molecule has 0 radical (unpaired) electrons. The third-order valence-electron chi connectivity index (χ3n) is 9.00. The van der Waals surface area contributed by atoms with E-state index in [0.717, 1.165) is 62.5 Å². The first-order chi connectivity index (χ1) is 15.6.